The maximum Gasteiger partial charge on any atom is 0.233 e. The van der Waals surface area contributed by atoms with Gasteiger partial charge in [-0.2, -0.15) is 4.98 Å². The largest absolute Gasteiger partial charge is 0.436 e. The van der Waals surface area contributed by atoms with E-state index in [1.807, 2.05) is 6.92 Å². The van der Waals surface area contributed by atoms with E-state index in [-0.39, 0.29) is 24.1 Å². The summed E-state index contributed by atoms with van der Waals surface area (Å²) in [5, 5.41) is 10.4. The molecule has 8 nitrogen and oxygen atoms in total. The van der Waals surface area contributed by atoms with Crippen LogP contribution in [0.3, 0.4) is 0 Å². The highest BCUT2D eigenvalue weighted by Gasteiger charge is 2.28. The van der Waals surface area contributed by atoms with Crippen LogP contribution in [0.2, 0.25) is 0 Å². The summed E-state index contributed by atoms with van der Waals surface area (Å²) in [4.78, 5) is 28.2. The Bertz CT molecular complexity index is 1230. The zero-order valence-corrected chi connectivity index (χ0v) is 19.4. The Balaban J connectivity index is 1.52. The molecule has 2 aliphatic heterocycles. The molecule has 0 unspecified atom stereocenters. The van der Waals surface area contributed by atoms with Crippen molar-refractivity contribution >= 4 is 17.7 Å². The highest BCUT2D eigenvalue weighted by atomic mass is 32.2. The number of fused-ring (bicyclic) bond motifs is 2. The molecule has 176 valence electrons. The molecular weight excluding hydrogens is 459 g/mol. The summed E-state index contributed by atoms with van der Waals surface area (Å²) in [7, 11) is 0. The highest BCUT2D eigenvalue weighted by Crippen LogP contribution is 2.42. The van der Waals surface area contributed by atoms with Crippen molar-refractivity contribution in [2.75, 3.05) is 32.1 Å². The van der Waals surface area contributed by atoms with E-state index in [0.29, 0.717) is 72.0 Å². The number of carbonyl (C=O) groups excluding carboxylic acids is 1. The van der Waals surface area contributed by atoms with Gasteiger partial charge in [0, 0.05) is 42.4 Å². The maximum absolute atomic E-state index is 13.5. The van der Waals surface area contributed by atoms with Gasteiger partial charge in [-0.25, -0.2) is 9.37 Å². The maximum atomic E-state index is 13.5. The van der Waals surface area contributed by atoms with E-state index in [2.05, 4.69) is 9.97 Å². The van der Waals surface area contributed by atoms with E-state index in [9.17, 15) is 14.3 Å². The smallest absolute Gasteiger partial charge is 0.233 e. The minimum absolute atomic E-state index is 0.0113. The molecule has 2 aromatic heterocycles. The lowest BCUT2D eigenvalue weighted by Gasteiger charge is -2.27. The van der Waals surface area contributed by atoms with Gasteiger partial charge in [0.1, 0.15) is 10.8 Å². The van der Waals surface area contributed by atoms with E-state index < -0.39 is 0 Å². The van der Waals surface area contributed by atoms with Gasteiger partial charge >= 0.3 is 0 Å². The van der Waals surface area contributed by atoms with Crippen molar-refractivity contribution < 1.29 is 23.8 Å². The molecule has 10 heteroatoms. The van der Waals surface area contributed by atoms with Crippen LogP contribution in [0.5, 0.6) is 11.6 Å². The number of carbonyl (C=O) groups is 1. The average molecular weight is 483 g/mol. The Labute approximate surface area is 200 Å². The molecule has 34 heavy (non-hydrogen) atoms. The first-order valence-electron chi connectivity index (χ1n) is 10.9. The van der Waals surface area contributed by atoms with Gasteiger partial charge in [-0.05, 0) is 31.2 Å². The molecule has 0 bridgehead atoms. The lowest BCUT2D eigenvalue weighted by Crippen LogP contribution is -2.41. The van der Waals surface area contributed by atoms with Crippen LogP contribution >= 0.6 is 11.8 Å². The molecule has 0 aliphatic carbocycles. The summed E-state index contributed by atoms with van der Waals surface area (Å²) in [6, 6.07) is 5.92. The van der Waals surface area contributed by atoms with E-state index in [4.69, 9.17) is 14.5 Å². The summed E-state index contributed by atoms with van der Waals surface area (Å²) >= 11 is 1.33. The average Bonchev–Trinajstić information content (AvgIpc) is 2.87. The van der Waals surface area contributed by atoms with Crippen molar-refractivity contribution in [3.05, 3.63) is 58.7 Å². The predicted octanol–water partition coefficient (Wildman–Crippen LogP) is 3.13. The van der Waals surface area contributed by atoms with Crippen LogP contribution in [0.1, 0.15) is 22.4 Å². The topological polar surface area (TPSA) is 97.7 Å². The fourth-order valence-electron chi connectivity index (χ4n) is 3.98. The number of aliphatic hydroxyl groups is 1. The van der Waals surface area contributed by atoms with Crippen molar-refractivity contribution in [2.24, 2.45) is 0 Å². The van der Waals surface area contributed by atoms with Crippen molar-refractivity contribution in [3.8, 4) is 23.0 Å². The number of nitrogens with zero attached hydrogens (tertiary/aromatic N) is 4. The minimum Gasteiger partial charge on any atom is -0.436 e. The number of hydrogen-bond donors (Lipinski definition) is 1. The van der Waals surface area contributed by atoms with Gasteiger partial charge in [-0.1, -0.05) is 11.8 Å². The number of halogens is 1. The Morgan fingerprint density at radius 2 is 1.94 bits per heavy atom. The molecule has 5 rings (SSSR count). The van der Waals surface area contributed by atoms with Crippen LogP contribution in [-0.4, -0.2) is 62.9 Å². The zero-order chi connectivity index (χ0) is 23.7. The molecule has 1 amide bonds. The zero-order valence-electron chi connectivity index (χ0n) is 18.6. The van der Waals surface area contributed by atoms with E-state index in [0.717, 1.165) is 11.1 Å². The highest BCUT2D eigenvalue weighted by molar-refractivity contribution is 7.99. The number of aliphatic hydroxyl groups excluding tert-OH is 1. The molecule has 0 atom stereocenters. The molecular formula is C24H23FN4O4S. The number of ether oxygens (including phenoxy) is 2. The molecule has 1 fully saturated rings. The van der Waals surface area contributed by atoms with Crippen molar-refractivity contribution in [1.29, 1.82) is 0 Å². The number of amides is 1. The lowest BCUT2D eigenvalue weighted by atomic mass is 9.99. The molecule has 1 aromatic carbocycles. The first kappa shape index (κ1) is 22.7. The van der Waals surface area contributed by atoms with Crippen molar-refractivity contribution in [3.63, 3.8) is 0 Å². The molecule has 3 aromatic rings. The van der Waals surface area contributed by atoms with Crippen molar-refractivity contribution in [1.82, 2.24) is 19.9 Å². The molecule has 0 radical (unpaired) electrons. The van der Waals surface area contributed by atoms with Crippen molar-refractivity contribution in [2.45, 2.75) is 25.0 Å². The summed E-state index contributed by atoms with van der Waals surface area (Å²) in [5.41, 5.74) is 3.59. The van der Waals surface area contributed by atoms with Crippen LogP contribution in [0, 0.1) is 12.7 Å². The summed E-state index contributed by atoms with van der Waals surface area (Å²) in [6.07, 6.45) is 2.09. The number of rotatable bonds is 5. The van der Waals surface area contributed by atoms with Gasteiger partial charge in [-0.3, -0.25) is 9.78 Å². The molecule has 0 saturated carbocycles. The SMILES string of the molecule is Cc1ncc(CO)c2c1Oc1nc(-c3ccc(F)cc3)nc(SCC(=O)N3CCOCC3)c1C2. The molecule has 1 saturated heterocycles. The second-order valence-corrected chi connectivity index (χ2v) is 9.00. The number of thioether (sulfide) groups is 1. The van der Waals surface area contributed by atoms with E-state index in [1.54, 1.807) is 23.2 Å². The lowest BCUT2D eigenvalue weighted by molar-refractivity contribution is -0.132. The first-order valence-corrected chi connectivity index (χ1v) is 11.9. The number of hydrogen-bond acceptors (Lipinski definition) is 8. The van der Waals surface area contributed by atoms with Gasteiger partial charge in [0.15, 0.2) is 11.6 Å². The van der Waals surface area contributed by atoms with Gasteiger partial charge < -0.3 is 19.5 Å². The summed E-state index contributed by atoms with van der Waals surface area (Å²) in [5.74, 6) is 1.20. The number of pyridine rings is 1. The summed E-state index contributed by atoms with van der Waals surface area (Å²) < 4.78 is 25.0. The van der Waals surface area contributed by atoms with E-state index >= 15 is 0 Å². The predicted molar refractivity (Wildman–Crippen MR) is 123 cm³/mol. The minimum atomic E-state index is -0.351. The third-order valence-corrected chi connectivity index (χ3v) is 6.86. The first-order chi connectivity index (χ1) is 16.5. The Morgan fingerprint density at radius 3 is 2.68 bits per heavy atom. The third kappa shape index (κ3) is 4.48. The fourth-order valence-corrected chi connectivity index (χ4v) is 4.90. The number of benzene rings is 1. The van der Waals surface area contributed by atoms with Crippen LogP contribution in [0.15, 0.2) is 35.5 Å². The van der Waals surface area contributed by atoms with Gasteiger partial charge in [0.2, 0.25) is 11.8 Å². The molecule has 1 N–H and O–H groups in total. The van der Waals surface area contributed by atoms with Crippen LogP contribution in [0.4, 0.5) is 4.39 Å². The van der Waals surface area contributed by atoms with E-state index in [1.165, 1.54) is 23.9 Å². The number of aryl methyl sites for hydroxylation is 1. The Morgan fingerprint density at radius 1 is 1.18 bits per heavy atom. The fraction of sp³-hybridized carbons (Fsp3) is 0.333. The number of aromatic nitrogens is 3. The standard InChI is InChI=1S/C24H23FN4O4S/c1-14-21-18(16(12-30)11-26-14)10-19-23(33-21)27-22(15-2-4-17(25)5-3-15)28-24(19)34-13-20(31)29-6-8-32-9-7-29/h2-5,11,30H,6-10,12-13H2,1H3. The third-order valence-electron chi connectivity index (χ3n) is 5.86. The molecule has 2 aliphatic rings. The normalized spacial score (nSPS) is 14.9. The summed E-state index contributed by atoms with van der Waals surface area (Å²) in [6.45, 7) is 3.89. The van der Waals surface area contributed by atoms with Crippen LogP contribution < -0.4 is 4.74 Å². The van der Waals surface area contributed by atoms with Gasteiger partial charge in [-0.15, -0.1) is 0 Å². The monoisotopic (exact) mass is 482 g/mol. The number of morpholine rings is 1. The Hall–Kier alpha value is -3.08. The second kappa shape index (κ2) is 9.65. The quantitative estimate of drug-likeness (QED) is 0.342. The second-order valence-electron chi connectivity index (χ2n) is 8.04. The van der Waals surface area contributed by atoms with Gasteiger partial charge in [0.05, 0.1) is 36.8 Å². The Kier molecular flexibility index (Phi) is 6.44. The van der Waals surface area contributed by atoms with Gasteiger partial charge in [0.25, 0.3) is 0 Å². The van der Waals surface area contributed by atoms with Crippen LogP contribution in [0.25, 0.3) is 11.4 Å². The molecule has 0 spiro atoms. The molecule has 4 heterocycles. The van der Waals surface area contributed by atoms with Crippen LogP contribution in [-0.2, 0) is 22.6 Å².